The quantitative estimate of drug-likeness (QED) is 0.620. The molecule has 0 aromatic heterocycles. The molecule has 0 bridgehead atoms. The molecule has 0 fully saturated rings. The number of ether oxygens (including phenoxy) is 1. The Labute approximate surface area is 172 Å². The fourth-order valence-corrected chi connectivity index (χ4v) is 2.94. The normalized spacial score (nSPS) is 10.4. The number of rotatable bonds is 7. The maximum Gasteiger partial charge on any atom is 0.254 e. The molecule has 7 heteroatoms. The summed E-state index contributed by atoms with van der Waals surface area (Å²) in [7, 11) is 1.58. The third-order valence-corrected chi connectivity index (χ3v) is 4.39. The van der Waals surface area contributed by atoms with E-state index in [9.17, 15) is 18.4 Å². The first-order valence-electron chi connectivity index (χ1n) is 9.20. The van der Waals surface area contributed by atoms with Gasteiger partial charge in [-0.15, -0.1) is 0 Å². The van der Waals surface area contributed by atoms with Crippen LogP contribution in [-0.2, 0) is 11.2 Å². The molecule has 0 aliphatic rings. The molecule has 3 aromatic rings. The summed E-state index contributed by atoms with van der Waals surface area (Å²) in [6.45, 7) is -0.365. The summed E-state index contributed by atoms with van der Waals surface area (Å²) in [6.07, 6.45) is 0.619. The number of amides is 2. The molecule has 0 radical (unpaired) electrons. The van der Waals surface area contributed by atoms with Crippen LogP contribution in [-0.4, -0.2) is 25.5 Å². The van der Waals surface area contributed by atoms with Crippen LogP contribution >= 0.6 is 0 Å². The highest BCUT2D eigenvalue weighted by Crippen LogP contribution is 2.25. The standard InChI is InChI=1S/C23H20F2N2O3/c1-30-21-10-8-18(12-16(21)11-15-5-3-2-4-6-15)27-22(28)14-26-23(29)19-9-7-17(24)13-20(19)25/h2-10,12-13H,11,14H2,1H3,(H,26,29)(H,27,28). The smallest absolute Gasteiger partial charge is 0.254 e. The molecule has 0 saturated carbocycles. The highest BCUT2D eigenvalue weighted by Gasteiger charge is 2.14. The van der Waals surface area contributed by atoms with Crippen molar-refractivity contribution in [2.24, 2.45) is 0 Å². The molecule has 154 valence electrons. The summed E-state index contributed by atoms with van der Waals surface area (Å²) in [5.41, 5.74) is 2.18. The minimum atomic E-state index is -0.992. The number of methoxy groups -OCH3 is 1. The molecule has 0 heterocycles. The first-order valence-corrected chi connectivity index (χ1v) is 9.20. The van der Waals surface area contributed by atoms with Gasteiger partial charge in [0.05, 0.1) is 19.2 Å². The van der Waals surface area contributed by atoms with Crippen LogP contribution in [0.2, 0.25) is 0 Å². The van der Waals surface area contributed by atoms with Crippen LogP contribution in [0.15, 0.2) is 66.7 Å². The molecule has 3 rings (SSSR count). The van der Waals surface area contributed by atoms with E-state index >= 15 is 0 Å². The van der Waals surface area contributed by atoms with Crippen molar-refractivity contribution in [3.05, 3.63) is 95.1 Å². The Morgan fingerprint density at radius 2 is 1.73 bits per heavy atom. The van der Waals surface area contributed by atoms with Gasteiger partial charge in [-0.05, 0) is 35.9 Å². The van der Waals surface area contributed by atoms with E-state index in [0.29, 0.717) is 23.9 Å². The lowest BCUT2D eigenvalue weighted by Gasteiger charge is -2.12. The van der Waals surface area contributed by atoms with Crippen molar-refractivity contribution in [2.45, 2.75) is 6.42 Å². The number of carbonyl (C=O) groups excluding carboxylic acids is 2. The van der Waals surface area contributed by atoms with Crippen LogP contribution in [0.5, 0.6) is 5.75 Å². The van der Waals surface area contributed by atoms with Gasteiger partial charge in [-0.25, -0.2) is 8.78 Å². The van der Waals surface area contributed by atoms with E-state index in [4.69, 9.17) is 4.74 Å². The molecule has 0 aliphatic carbocycles. The predicted molar refractivity (Wildman–Crippen MR) is 110 cm³/mol. The summed E-state index contributed by atoms with van der Waals surface area (Å²) in [6, 6.07) is 17.7. The number of hydrogen-bond donors (Lipinski definition) is 2. The number of hydrogen-bond acceptors (Lipinski definition) is 3. The van der Waals surface area contributed by atoms with Crippen molar-refractivity contribution in [1.82, 2.24) is 5.32 Å². The van der Waals surface area contributed by atoms with Crippen LogP contribution < -0.4 is 15.4 Å². The molecule has 0 aliphatic heterocycles. The molecular formula is C23H20F2N2O3. The Morgan fingerprint density at radius 1 is 0.967 bits per heavy atom. The Balaban J connectivity index is 1.63. The second kappa shape index (κ2) is 9.65. The maximum absolute atomic E-state index is 13.7. The second-order valence-corrected chi connectivity index (χ2v) is 6.54. The number of anilines is 1. The van der Waals surface area contributed by atoms with E-state index in [2.05, 4.69) is 10.6 Å². The number of halogens is 2. The molecular weight excluding hydrogens is 390 g/mol. The average molecular weight is 410 g/mol. The van der Waals surface area contributed by atoms with Crippen LogP contribution in [0.4, 0.5) is 14.5 Å². The fraction of sp³-hybridized carbons (Fsp3) is 0.130. The number of nitrogens with one attached hydrogen (secondary N) is 2. The van der Waals surface area contributed by atoms with Crippen molar-refractivity contribution < 1.29 is 23.1 Å². The Kier molecular flexibility index (Phi) is 6.75. The van der Waals surface area contributed by atoms with E-state index < -0.39 is 23.4 Å². The third kappa shape index (κ3) is 5.41. The molecule has 3 aromatic carbocycles. The Hall–Kier alpha value is -3.74. The van der Waals surface area contributed by atoms with E-state index in [1.54, 1.807) is 25.3 Å². The lowest BCUT2D eigenvalue weighted by atomic mass is 10.0. The van der Waals surface area contributed by atoms with Gasteiger partial charge < -0.3 is 15.4 Å². The van der Waals surface area contributed by atoms with Crippen LogP contribution in [0.3, 0.4) is 0 Å². The number of benzene rings is 3. The Morgan fingerprint density at radius 3 is 2.43 bits per heavy atom. The summed E-state index contributed by atoms with van der Waals surface area (Å²) >= 11 is 0. The second-order valence-electron chi connectivity index (χ2n) is 6.54. The van der Waals surface area contributed by atoms with Crippen LogP contribution in [0.1, 0.15) is 21.5 Å². The zero-order valence-corrected chi connectivity index (χ0v) is 16.2. The van der Waals surface area contributed by atoms with E-state index in [0.717, 1.165) is 23.3 Å². The van der Waals surface area contributed by atoms with E-state index in [-0.39, 0.29) is 12.1 Å². The van der Waals surface area contributed by atoms with Crippen LogP contribution in [0, 0.1) is 11.6 Å². The zero-order valence-electron chi connectivity index (χ0n) is 16.2. The highest BCUT2D eigenvalue weighted by atomic mass is 19.1. The van der Waals surface area contributed by atoms with Gasteiger partial charge in [-0.1, -0.05) is 30.3 Å². The highest BCUT2D eigenvalue weighted by molar-refractivity contribution is 5.99. The van der Waals surface area contributed by atoms with Crippen LogP contribution in [0.25, 0.3) is 0 Å². The minimum Gasteiger partial charge on any atom is -0.496 e. The molecule has 30 heavy (non-hydrogen) atoms. The monoisotopic (exact) mass is 410 g/mol. The van der Waals surface area contributed by atoms with Crippen molar-refractivity contribution in [3.8, 4) is 5.75 Å². The minimum absolute atomic E-state index is 0.334. The van der Waals surface area contributed by atoms with Gasteiger partial charge in [0.2, 0.25) is 5.91 Å². The molecule has 0 saturated heterocycles. The first-order chi connectivity index (χ1) is 14.5. The Bertz CT molecular complexity index is 1060. The molecule has 0 spiro atoms. The van der Waals surface area contributed by atoms with Crippen molar-refractivity contribution >= 4 is 17.5 Å². The third-order valence-electron chi connectivity index (χ3n) is 4.39. The van der Waals surface area contributed by atoms with E-state index in [1.807, 2.05) is 30.3 Å². The van der Waals surface area contributed by atoms with Gasteiger partial charge in [0.15, 0.2) is 0 Å². The van der Waals surface area contributed by atoms with Gasteiger partial charge >= 0.3 is 0 Å². The number of carbonyl (C=O) groups is 2. The van der Waals surface area contributed by atoms with Gasteiger partial charge in [0.1, 0.15) is 17.4 Å². The zero-order chi connectivity index (χ0) is 21.5. The summed E-state index contributed by atoms with van der Waals surface area (Å²) < 4.78 is 32.0. The molecule has 5 nitrogen and oxygen atoms in total. The lowest BCUT2D eigenvalue weighted by molar-refractivity contribution is -0.115. The summed E-state index contributed by atoms with van der Waals surface area (Å²) in [4.78, 5) is 24.2. The molecule has 2 N–H and O–H groups in total. The maximum atomic E-state index is 13.7. The van der Waals surface area contributed by atoms with Crippen molar-refractivity contribution in [3.63, 3.8) is 0 Å². The molecule has 2 amide bonds. The topological polar surface area (TPSA) is 67.4 Å². The SMILES string of the molecule is COc1ccc(NC(=O)CNC(=O)c2ccc(F)cc2F)cc1Cc1ccccc1. The average Bonchev–Trinajstić information content (AvgIpc) is 2.73. The summed E-state index contributed by atoms with van der Waals surface area (Å²) in [5, 5.41) is 5.01. The van der Waals surface area contributed by atoms with Gasteiger partial charge in [-0.3, -0.25) is 9.59 Å². The van der Waals surface area contributed by atoms with Crippen molar-refractivity contribution in [2.75, 3.05) is 19.0 Å². The molecule has 0 atom stereocenters. The summed E-state index contributed by atoms with van der Waals surface area (Å²) in [5.74, 6) is -2.37. The predicted octanol–water partition coefficient (Wildman–Crippen LogP) is 3.93. The van der Waals surface area contributed by atoms with Gasteiger partial charge in [-0.2, -0.15) is 0 Å². The van der Waals surface area contributed by atoms with Crippen molar-refractivity contribution in [1.29, 1.82) is 0 Å². The van der Waals surface area contributed by atoms with E-state index in [1.165, 1.54) is 0 Å². The largest absolute Gasteiger partial charge is 0.496 e. The van der Waals surface area contributed by atoms with Gasteiger partial charge in [0, 0.05) is 23.7 Å². The van der Waals surface area contributed by atoms with Gasteiger partial charge in [0.25, 0.3) is 5.91 Å². The fourth-order valence-electron chi connectivity index (χ4n) is 2.94. The molecule has 0 unspecified atom stereocenters. The first kappa shape index (κ1) is 21.0. The lowest BCUT2D eigenvalue weighted by Crippen LogP contribution is -2.33.